The van der Waals surface area contributed by atoms with E-state index in [4.69, 9.17) is 9.16 Å². The Kier molecular flexibility index (Phi) is 8.72. The molecule has 0 heterocycles. The molecule has 0 bridgehead atoms. The van der Waals surface area contributed by atoms with E-state index in [1.807, 2.05) is 97.9 Å². The summed E-state index contributed by atoms with van der Waals surface area (Å²) in [4.78, 5) is 13.7. The number of ether oxygens (including phenoxy) is 1. The number of carbonyl (C=O) groups excluding carboxylic acids is 1. The molecule has 0 spiro atoms. The molecule has 0 amide bonds. The van der Waals surface area contributed by atoms with Crippen molar-refractivity contribution in [1.29, 1.82) is 0 Å². The largest absolute Gasteiger partial charge is 0.453 e. The number of hydrogen-bond donors (Lipinski definition) is 1. The Morgan fingerprint density at radius 1 is 0.861 bits per heavy atom. The second-order valence-corrected chi connectivity index (χ2v) is 14.8. The molecule has 3 aromatic rings. The van der Waals surface area contributed by atoms with Crippen LogP contribution in [0.1, 0.15) is 43.6 Å². The fraction of sp³-hybridized carbons (Fsp3) is 0.323. The van der Waals surface area contributed by atoms with Crippen LogP contribution in [0.2, 0.25) is 19.6 Å². The van der Waals surface area contributed by atoms with Gasteiger partial charge in [-0.3, -0.25) is 4.79 Å². The molecule has 0 radical (unpaired) electrons. The standard InChI is InChI=1S/C31H38O4Si/c1-7-23-30(3,33)24(2)29(32)34-28(25-17-11-8-12-18-25)31(35-36(4,5)6,26-19-13-9-14-20-26)27-21-15-10-16-22-27/h7-24,28,33H,1-6H3/b23-7+/t24-,28-,30-/m1/s1. The van der Waals surface area contributed by atoms with Crippen molar-refractivity contribution >= 4 is 14.3 Å². The molecule has 4 nitrogen and oxygen atoms in total. The second kappa shape index (κ2) is 11.4. The Balaban J connectivity index is 2.30. The van der Waals surface area contributed by atoms with Crippen LogP contribution in [0.25, 0.3) is 0 Å². The minimum Gasteiger partial charge on any atom is -0.453 e. The van der Waals surface area contributed by atoms with Gasteiger partial charge in [0.05, 0.1) is 11.5 Å². The number of hydrogen-bond acceptors (Lipinski definition) is 4. The third-order valence-corrected chi connectivity index (χ3v) is 7.25. The number of rotatable bonds is 10. The van der Waals surface area contributed by atoms with Gasteiger partial charge in [-0.25, -0.2) is 0 Å². The molecule has 5 heteroatoms. The molecule has 0 saturated carbocycles. The Morgan fingerprint density at radius 2 is 1.31 bits per heavy atom. The molecular weight excluding hydrogens is 464 g/mol. The maximum Gasteiger partial charge on any atom is 0.312 e. The summed E-state index contributed by atoms with van der Waals surface area (Å²) in [5, 5.41) is 10.9. The first kappa shape index (κ1) is 27.6. The van der Waals surface area contributed by atoms with Crippen molar-refractivity contribution in [2.75, 3.05) is 0 Å². The smallest absolute Gasteiger partial charge is 0.312 e. The minimum atomic E-state index is -2.23. The van der Waals surface area contributed by atoms with Crippen LogP contribution in [-0.2, 0) is 19.6 Å². The highest BCUT2D eigenvalue weighted by Crippen LogP contribution is 2.48. The lowest BCUT2D eigenvalue weighted by Gasteiger charge is -2.45. The summed E-state index contributed by atoms with van der Waals surface area (Å²) >= 11 is 0. The van der Waals surface area contributed by atoms with Crippen molar-refractivity contribution in [3.8, 4) is 0 Å². The molecule has 0 aliphatic rings. The zero-order chi connectivity index (χ0) is 26.4. The van der Waals surface area contributed by atoms with E-state index >= 15 is 0 Å². The van der Waals surface area contributed by atoms with Crippen LogP contribution in [-0.4, -0.2) is 25.0 Å². The normalized spacial score (nSPS) is 15.8. The van der Waals surface area contributed by atoms with Crippen LogP contribution < -0.4 is 0 Å². The minimum absolute atomic E-state index is 0.498. The quantitative estimate of drug-likeness (QED) is 0.184. The van der Waals surface area contributed by atoms with E-state index in [-0.39, 0.29) is 0 Å². The van der Waals surface area contributed by atoms with Gasteiger partial charge in [-0.15, -0.1) is 0 Å². The average molecular weight is 503 g/mol. The SMILES string of the molecule is C/C=C/[C@@](C)(O)[C@H](C)C(=O)O[C@H](c1ccccc1)C(O[Si](C)(C)C)(c1ccccc1)c1ccccc1. The van der Waals surface area contributed by atoms with E-state index in [1.54, 1.807) is 26.0 Å². The van der Waals surface area contributed by atoms with Gasteiger partial charge in [0.25, 0.3) is 0 Å². The summed E-state index contributed by atoms with van der Waals surface area (Å²) < 4.78 is 13.5. The third kappa shape index (κ3) is 6.22. The molecule has 190 valence electrons. The van der Waals surface area contributed by atoms with E-state index in [0.717, 1.165) is 16.7 Å². The number of allylic oxidation sites excluding steroid dienone is 1. The predicted octanol–water partition coefficient (Wildman–Crippen LogP) is 7.03. The van der Waals surface area contributed by atoms with Crippen molar-refractivity contribution in [3.63, 3.8) is 0 Å². The highest BCUT2D eigenvalue weighted by molar-refractivity contribution is 6.69. The Morgan fingerprint density at radius 3 is 1.72 bits per heavy atom. The van der Waals surface area contributed by atoms with Crippen LogP contribution in [0.15, 0.2) is 103 Å². The van der Waals surface area contributed by atoms with E-state index in [9.17, 15) is 9.90 Å². The summed E-state index contributed by atoms with van der Waals surface area (Å²) in [6.45, 7) is 11.5. The van der Waals surface area contributed by atoms with Gasteiger partial charge >= 0.3 is 5.97 Å². The summed E-state index contributed by atoms with van der Waals surface area (Å²) in [5.41, 5.74) is 0.154. The number of aliphatic hydroxyl groups is 1. The number of carbonyl (C=O) groups is 1. The van der Waals surface area contributed by atoms with E-state index in [1.165, 1.54) is 0 Å². The van der Waals surface area contributed by atoms with Crippen LogP contribution in [0.5, 0.6) is 0 Å². The number of benzene rings is 3. The molecule has 0 aliphatic heterocycles. The lowest BCUT2D eigenvalue weighted by Crippen LogP contribution is -2.48. The lowest BCUT2D eigenvalue weighted by molar-refractivity contribution is -0.171. The highest BCUT2D eigenvalue weighted by Gasteiger charge is 2.50. The van der Waals surface area contributed by atoms with Crippen LogP contribution >= 0.6 is 0 Å². The molecule has 0 aliphatic carbocycles. The Labute approximate surface area is 216 Å². The van der Waals surface area contributed by atoms with Gasteiger partial charge in [0, 0.05) is 0 Å². The van der Waals surface area contributed by atoms with Crippen LogP contribution in [0, 0.1) is 5.92 Å². The van der Waals surface area contributed by atoms with E-state index in [0.29, 0.717) is 0 Å². The zero-order valence-corrected chi connectivity index (χ0v) is 23.1. The van der Waals surface area contributed by atoms with Gasteiger partial charge in [-0.1, -0.05) is 103 Å². The molecule has 3 atom stereocenters. The molecule has 0 fully saturated rings. The molecule has 3 aromatic carbocycles. The Hall–Kier alpha value is -2.99. The predicted molar refractivity (Wildman–Crippen MR) is 148 cm³/mol. The highest BCUT2D eigenvalue weighted by atomic mass is 28.4. The molecule has 36 heavy (non-hydrogen) atoms. The van der Waals surface area contributed by atoms with Crippen LogP contribution in [0.4, 0.5) is 0 Å². The number of esters is 1. The van der Waals surface area contributed by atoms with Crippen molar-refractivity contribution in [1.82, 2.24) is 0 Å². The monoisotopic (exact) mass is 502 g/mol. The molecular formula is C31H38O4Si. The average Bonchev–Trinajstić information content (AvgIpc) is 2.86. The summed E-state index contributed by atoms with van der Waals surface area (Å²) in [6.07, 6.45) is 2.56. The zero-order valence-electron chi connectivity index (χ0n) is 22.1. The van der Waals surface area contributed by atoms with Crippen molar-refractivity contribution in [3.05, 3.63) is 120 Å². The van der Waals surface area contributed by atoms with Gasteiger partial charge in [0.15, 0.2) is 14.4 Å². The van der Waals surface area contributed by atoms with E-state index in [2.05, 4.69) is 19.6 Å². The van der Waals surface area contributed by atoms with Crippen molar-refractivity contribution < 1.29 is 19.1 Å². The van der Waals surface area contributed by atoms with Gasteiger partial charge in [-0.05, 0) is 57.1 Å². The maximum absolute atomic E-state index is 13.7. The first-order chi connectivity index (χ1) is 17.0. The van der Waals surface area contributed by atoms with Crippen molar-refractivity contribution in [2.24, 2.45) is 5.92 Å². The second-order valence-electron chi connectivity index (χ2n) is 10.4. The first-order valence-corrected chi connectivity index (χ1v) is 15.8. The Bertz CT molecular complexity index is 1100. The van der Waals surface area contributed by atoms with Crippen LogP contribution in [0.3, 0.4) is 0 Å². The van der Waals surface area contributed by atoms with Gasteiger partial charge in [-0.2, -0.15) is 0 Å². The fourth-order valence-corrected chi connectivity index (χ4v) is 5.76. The molecule has 3 rings (SSSR count). The summed E-state index contributed by atoms with van der Waals surface area (Å²) in [6, 6.07) is 29.7. The van der Waals surface area contributed by atoms with Crippen molar-refractivity contribution in [2.45, 2.75) is 57.7 Å². The summed E-state index contributed by atoms with van der Waals surface area (Å²) in [7, 11) is -2.23. The fourth-order valence-electron chi connectivity index (χ4n) is 4.45. The molecule has 0 unspecified atom stereocenters. The van der Waals surface area contributed by atoms with E-state index < -0.39 is 37.5 Å². The lowest BCUT2D eigenvalue weighted by atomic mass is 9.78. The molecule has 0 saturated heterocycles. The summed E-state index contributed by atoms with van der Waals surface area (Å²) in [5.74, 6) is -1.29. The maximum atomic E-state index is 13.7. The topological polar surface area (TPSA) is 55.8 Å². The third-order valence-electron chi connectivity index (χ3n) is 6.31. The molecule has 0 aromatic heterocycles. The van der Waals surface area contributed by atoms with Gasteiger partial charge in [0.1, 0.15) is 5.60 Å². The van der Waals surface area contributed by atoms with Gasteiger partial charge < -0.3 is 14.3 Å². The molecule has 1 N–H and O–H groups in total. The first-order valence-electron chi connectivity index (χ1n) is 12.4. The van der Waals surface area contributed by atoms with Gasteiger partial charge in [0.2, 0.25) is 0 Å².